The number of H-pyrrole nitrogens is 1. The standard InChI is InChI=1S/C19H20N2O5/c1-11(21-13(3)23)14-4-6-15(7-5-14)18(24)10-26-19(25)17-8-16(9-20-17)12(2)22/h4-9,11,20H,10H2,1-3H3,(H,21,23)/t11-/m0/s1. The normalized spacial score (nSPS) is 11.5. The second-order valence-corrected chi connectivity index (χ2v) is 5.90. The average molecular weight is 356 g/mol. The Balaban J connectivity index is 1.93. The average Bonchev–Trinajstić information content (AvgIpc) is 3.09. The zero-order valence-corrected chi connectivity index (χ0v) is 14.8. The fraction of sp³-hybridized carbons (Fsp3) is 0.263. The first-order chi connectivity index (χ1) is 12.3. The molecule has 136 valence electrons. The molecule has 0 aliphatic carbocycles. The van der Waals surface area contributed by atoms with Crippen molar-refractivity contribution in [3.05, 3.63) is 58.9 Å². The van der Waals surface area contributed by atoms with Gasteiger partial charge in [-0.25, -0.2) is 4.79 Å². The van der Waals surface area contributed by atoms with E-state index in [1.165, 1.54) is 26.1 Å². The van der Waals surface area contributed by atoms with E-state index in [2.05, 4.69) is 10.3 Å². The molecule has 0 radical (unpaired) electrons. The Labute approximate surface area is 150 Å². The van der Waals surface area contributed by atoms with E-state index >= 15 is 0 Å². The molecule has 0 aliphatic heterocycles. The van der Waals surface area contributed by atoms with Crippen LogP contribution in [-0.4, -0.2) is 35.0 Å². The molecule has 0 fully saturated rings. The number of nitrogens with one attached hydrogen (secondary N) is 2. The Morgan fingerprint density at radius 2 is 1.73 bits per heavy atom. The second kappa shape index (κ2) is 8.24. The van der Waals surface area contributed by atoms with Crippen molar-refractivity contribution < 1.29 is 23.9 Å². The van der Waals surface area contributed by atoms with E-state index in [4.69, 9.17) is 4.74 Å². The summed E-state index contributed by atoms with van der Waals surface area (Å²) in [6.45, 7) is 4.25. The number of esters is 1. The van der Waals surface area contributed by atoms with Crippen LogP contribution in [0.4, 0.5) is 0 Å². The van der Waals surface area contributed by atoms with Gasteiger partial charge in [0.05, 0.1) is 6.04 Å². The summed E-state index contributed by atoms with van der Waals surface area (Å²) in [7, 11) is 0. The van der Waals surface area contributed by atoms with E-state index in [1.807, 2.05) is 6.92 Å². The van der Waals surface area contributed by atoms with Crippen molar-refractivity contribution in [3.8, 4) is 0 Å². The monoisotopic (exact) mass is 356 g/mol. The van der Waals surface area contributed by atoms with Gasteiger partial charge in [0.1, 0.15) is 5.69 Å². The first-order valence-electron chi connectivity index (χ1n) is 8.04. The molecule has 0 aliphatic rings. The fourth-order valence-corrected chi connectivity index (χ4v) is 2.35. The molecule has 0 spiro atoms. The minimum Gasteiger partial charge on any atom is -0.453 e. The van der Waals surface area contributed by atoms with Gasteiger partial charge in [-0.05, 0) is 25.5 Å². The van der Waals surface area contributed by atoms with Crippen molar-refractivity contribution in [2.45, 2.75) is 26.8 Å². The maximum absolute atomic E-state index is 12.1. The van der Waals surface area contributed by atoms with Gasteiger partial charge in [0.2, 0.25) is 5.91 Å². The van der Waals surface area contributed by atoms with Crippen molar-refractivity contribution in [1.82, 2.24) is 10.3 Å². The van der Waals surface area contributed by atoms with Crippen LogP contribution in [0.15, 0.2) is 36.5 Å². The third-order valence-corrected chi connectivity index (χ3v) is 3.80. The maximum atomic E-state index is 12.1. The number of benzene rings is 1. The van der Waals surface area contributed by atoms with Gasteiger partial charge in [-0.1, -0.05) is 24.3 Å². The summed E-state index contributed by atoms with van der Waals surface area (Å²) >= 11 is 0. The summed E-state index contributed by atoms with van der Waals surface area (Å²) in [6.07, 6.45) is 1.41. The lowest BCUT2D eigenvalue weighted by Gasteiger charge is -2.13. The highest BCUT2D eigenvalue weighted by molar-refractivity contribution is 6.00. The van der Waals surface area contributed by atoms with Crippen LogP contribution in [0.3, 0.4) is 0 Å². The van der Waals surface area contributed by atoms with Crippen LogP contribution >= 0.6 is 0 Å². The van der Waals surface area contributed by atoms with Gasteiger partial charge in [0, 0.05) is 24.2 Å². The zero-order chi connectivity index (χ0) is 19.3. The van der Waals surface area contributed by atoms with Gasteiger partial charge >= 0.3 is 5.97 Å². The highest BCUT2D eigenvalue weighted by atomic mass is 16.5. The Kier molecular flexibility index (Phi) is 6.06. The molecule has 1 atom stereocenters. The van der Waals surface area contributed by atoms with Gasteiger partial charge in [-0.15, -0.1) is 0 Å². The molecule has 0 saturated heterocycles. The number of rotatable bonds is 7. The predicted molar refractivity (Wildman–Crippen MR) is 94.1 cm³/mol. The Morgan fingerprint density at radius 3 is 2.27 bits per heavy atom. The summed E-state index contributed by atoms with van der Waals surface area (Å²) < 4.78 is 4.98. The SMILES string of the molecule is CC(=O)N[C@@H](C)c1ccc(C(=O)COC(=O)c2cc(C(C)=O)c[nH]2)cc1. The molecular weight excluding hydrogens is 336 g/mol. The van der Waals surface area contributed by atoms with E-state index in [0.717, 1.165) is 5.56 Å². The van der Waals surface area contributed by atoms with Crippen molar-refractivity contribution in [2.24, 2.45) is 0 Å². The van der Waals surface area contributed by atoms with Crippen LogP contribution in [0, 0.1) is 0 Å². The van der Waals surface area contributed by atoms with Crippen LogP contribution < -0.4 is 5.32 Å². The van der Waals surface area contributed by atoms with E-state index in [9.17, 15) is 19.2 Å². The number of amides is 1. The smallest absolute Gasteiger partial charge is 0.355 e. The molecule has 0 saturated carbocycles. The molecule has 2 rings (SSSR count). The van der Waals surface area contributed by atoms with E-state index < -0.39 is 12.6 Å². The van der Waals surface area contributed by atoms with Crippen LogP contribution in [0.5, 0.6) is 0 Å². The number of aromatic amines is 1. The van der Waals surface area contributed by atoms with Crippen molar-refractivity contribution >= 4 is 23.4 Å². The Bertz CT molecular complexity index is 836. The molecule has 0 unspecified atom stereocenters. The molecule has 2 aromatic rings. The van der Waals surface area contributed by atoms with Crippen molar-refractivity contribution in [3.63, 3.8) is 0 Å². The number of aromatic nitrogens is 1. The number of carbonyl (C=O) groups is 4. The highest BCUT2D eigenvalue weighted by Crippen LogP contribution is 2.14. The zero-order valence-electron chi connectivity index (χ0n) is 14.8. The van der Waals surface area contributed by atoms with Crippen LogP contribution in [0.1, 0.15) is 63.6 Å². The predicted octanol–water partition coefficient (Wildman–Crippen LogP) is 2.45. The van der Waals surface area contributed by atoms with Crippen molar-refractivity contribution in [2.75, 3.05) is 6.61 Å². The number of hydrogen-bond acceptors (Lipinski definition) is 5. The molecule has 7 heteroatoms. The van der Waals surface area contributed by atoms with Crippen LogP contribution in [0.2, 0.25) is 0 Å². The molecule has 1 heterocycles. The van der Waals surface area contributed by atoms with E-state index in [0.29, 0.717) is 11.1 Å². The summed E-state index contributed by atoms with van der Waals surface area (Å²) in [5, 5.41) is 2.76. The Hall–Kier alpha value is -3.22. The molecule has 2 N–H and O–H groups in total. The van der Waals surface area contributed by atoms with Crippen LogP contribution in [0.25, 0.3) is 0 Å². The quantitative estimate of drug-likeness (QED) is 0.585. The maximum Gasteiger partial charge on any atom is 0.355 e. The molecule has 1 aromatic carbocycles. The first-order valence-corrected chi connectivity index (χ1v) is 8.04. The minimum atomic E-state index is -0.707. The summed E-state index contributed by atoms with van der Waals surface area (Å²) in [6, 6.07) is 7.92. The highest BCUT2D eigenvalue weighted by Gasteiger charge is 2.15. The third kappa shape index (κ3) is 4.89. The summed E-state index contributed by atoms with van der Waals surface area (Å²) in [4.78, 5) is 49.0. The molecular formula is C19H20N2O5. The molecule has 1 aromatic heterocycles. The second-order valence-electron chi connectivity index (χ2n) is 5.90. The lowest BCUT2D eigenvalue weighted by Crippen LogP contribution is -2.23. The fourth-order valence-electron chi connectivity index (χ4n) is 2.35. The van der Waals surface area contributed by atoms with Gasteiger partial charge < -0.3 is 15.0 Å². The van der Waals surface area contributed by atoms with Gasteiger partial charge in [0.25, 0.3) is 0 Å². The lowest BCUT2D eigenvalue weighted by molar-refractivity contribution is -0.119. The molecule has 7 nitrogen and oxygen atoms in total. The first kappa shape index (κ1) is 19.1. The number of ether oxygens (including phenoxy) is 1. The van der Waals surface area contributed by atoms with Gasteiger partial charge in [-0.2, -0.15) is 0 Å². The Morgan fingerprint density at radius 1 is 1.08 bits per heavy atom. The number of carbonyl (C=O) groups excluding carboxylic acids is 4. The summed E-state index contributed by atoms with van der Waals surface area (Å²) in [5.41, 5.74) is 1.74. The lowest BCUT2D eigenvalue weighted by atomic mass is 10.0. The van der Waals surface area contributed by atoms with Crippen molar-refractivity contribution in [1.29, 1.82) is 0 Å². The van der Waals surface area contributed by atoms with Gasteiger partial charge in [0.15, 0.2) is 18.2 Å². The number of hydrogen-bond donors (Lipinski definition) is 2. The number of ketones is 2. The van der Waals surface area contributed by atoms with E-state index in [-0.39, 0.29) is 29.2 Å². The van der Waals surface area contributed by atoms with Gasteiger partial charge in [-0.3, -0.25) is 14.4 Å². The number of Topliss-reactive ketones (excluding diaryl/α,β-unsaturated/α-hetero) is 2. The summed E-state index contributed by atoms with van der Waals surface area (Å²) in [5.74, 6) is -1.37. The molecule has 1 amide bonds. The topological polar surface area (TPSA) is 105 Å². The van der Waals surface area contributed by atoms with Crippen LogP contribution in [-0.2, 0) is 9.53 Å². The van der Waals surface area contributed by atoms with E-state index in [1.54, 1.807) is 24.3 Å². The molecule has 0 bridgehead atoms. The molecule has 26 heavy (non-hydrogen) atoms. The third-order valence-electron chi connectivity index (χ3n) is 3.80. The largest absolute Gasteiger partial charge is 0.453 e. The minimum absolute atomic E-state index is 0.113.